The molecule has 20 heavy (non-hydrogen) atoms. The fourth-order valence-corrected chi connectivity index (χ4v) is 2.99. The summed E-state index contributed by atoms with van der Waals surface area (Å²) in [5.41, 5.74) is 0.288. The van der Waals surface area contributed by atoms with Crippen molar-refractivity contribution >= 4 is 46.7 Å². The van der Waals surface area contributed by atoms with Crippen molar-refractivity contribution in [2.45, 2.75) is 17.8 Å². The van der Waals surface area contributed by atoms with E-state index >= 15 is 0 Å². The highest BCUT2D eigenvalue weighted by atomic mass is 35.5. The van der Waals surface area contributed by atoms with Crippen LogP contribution in [0.4, 0.5) is 0 Å². The van der Waals surface area contributed by atoms with E-state index in [0.717, 1.165) is 0 Å². The van der Waals surface area contributed by atoms with Gasteiger partial charge < -0.3 is 9.64 Å². The quantitative estimate of drug-likeness (QED) is 0.616. The average Bonchev–Trinajstić information content (AvgIpc) is 2.79. The molecule has 0 spiro atoms. The molecule has 2 rings (SSSR count). The van der Waals surface area contributed by atoms with Crippen molar-refractivity contribution in [1.29, 1.82) is 0 Å². The Morgan fingerprint density at radius 2 is 2.05 bits per heavy atom. The molecule has 1 heterocycles. The number of rotatable bonds is 2. The van der Waals surface area contributed by atoms with Crippen LogP contribution in [0.2, 0.25) is 10.0 Å². The van der Waals surface area contributed by atoms with E-state index in [2.05, 4.69) is 0 Å². The zero-order valence-corrected chi connectivity index (χ0v) is 12.9. The van der Waals surface area contributed by atoms with Gasteiger partial charge in [-0.3, -0.25) is 4.79 Å². The van der Waals surface area contributed by atoms with Crippen molar-refractivity contribution in [1.82, 2.24) is 4.90 Å². The number of hydrogen-bond acceptors (Lipinski definition) is 3. The summed E-state index contributed by atoms with van der Waals surface area (Å²) in [7, 11) is 1.28. The van der Waals surface area contributed by atoms with Gasteiger partial charge in [-0.25, -0.2) is 4.79 Å². The summed E-state index contributed by atoms with van der Waals surface area (Å²) in [5, 5.41) is 0.394. The third-order valence-corrected chi connectivity index (χ3v) is 4.01. The van der Waals surface area contributed by atoms with Crippen molar-refractivity contribution in [2.75, 3.05) is 13.7 Å². The standard InChI is InChI=1S/C13H12Cl3NO3/c1-20-13(19)11-5-8(15)6-17(11)12(18)9-3-2-7(14)4-10(9)16/h2-4,8,11H,5-6H2,1H3/t8-,11-/m0/s1. The largest absolute Gasteiger partial charge is 0.467 e. The summed E-state index contributed by atoms with van der Waals surface area (Å²) in [6, 6.07) is 3.91. The minimum absolute atomic E-state index is 0.240. The molecule has 1 saturated heterocycles. The van der Waals surface area contributed by atoms with Gasteiger partial charge in [-0.1, -0.05) is 23.2 Å². The molecule has 1 fully saturated rings. The Bertz CT molecular complexity index is 550. The van der Waals surface area contributed by atoms with E-state index in [1.54, 1.807) is 6.07 Å². The number of carbonyl (C=O) groups is 2. The summed E-state index contributed by atoms with van der Waals surface area (Å²) in [5.74, 6) is -0.836. The van der Waals surface area contributed by atoms with E-state index in [4.69, 9.17) is 39.5 Å². The molecule has 1 aromatic carbocycles. The van der Waals surface area contributed by atoms with Crippen LogP contribution in [0, 0.1) is 0 Å². The van der Waals surface area contributed by atoms with Crippen LogP contribution in [-0.2, 0) is 9.53 Å². The van der Waals surface area contributed by atoms with Gasteiger partial charge >= 0.3 is 5.97 Å². The lowest BCUT2D eigenvalue weighted by Crippen LogP contribution is -2.41. The molecule has 1 aliphatic rings. The number of carbonyl (C=O) groups excluding carboxylic acids is 2. The van der Waals surface area contributed by atoms with Gasteiger partial charge in [0.1, 0.15) is 6.04 Å². The van der Waals surface area contributed by atoms with Crippen LogP contribution in [0.3, 0.4) is 0 Å². The number of nitrogens with zero attached hydrogens (tertiary/aromatic N) is 1. The number of esters is 1. The maximum Gasteiger partial charge on any atom is 0.328 e. The van der Waals surface area contributed by atoms with Gasteiger partial charge in [-0.05, 0) is 24.6 Å². The second-order valence-corrected chi connectivity index (χ2v) is 5.91. The van der Waals surface area contributed by atoms with Gasteiger partial charge in [0.15, 0.2) is 0 Å². The van der Waals surface area contributed by atoms with Gasteiger partial charge in [-0.15, -0.1) is 11.6 Å². The number of likely N-dealkylation sites (tertiary alicyclic amines) is 1. The molecule has 1 amide bonds. The molecule has 0 aromatic heterocycles. The lowest BCUT2D eigenvalue weighted by molar-refractivity contribution is -0.145. The van der Waals surface area contributed by atoms with Gasteiger partial charge in [0.2, 0.25) is 0 Å². The SMILES string of the molecule is COC(=O)[C@@H]1C[C@H](Cl)CN1C(=O)c1ccc(Cl)cc1Cl. The van der Waals surface area contributed by atoms with E-state index in [-0.39, 0.29) is 28.4 Å². The summed E-state index contributed by atoms with van der Waals surface area (Å²) < 4.78 is 4.70. The Hall–Kier alpha value is -0.970. The first-order valence-electron chi connectivity index (χ1n) is 5.92. The fraction of sp³-hybridized carbons (Fsp3) is 0.385. The van der Waals surface area contributed by atoms with Crippen LogP contribution in [0.15, 0.2) is 18.2 Å². The Morgan fingerprint density at radius 1 is 1.35 bits per heavy atom. The molecule has 0 N–H and O–H groups in total. The molecule has 4 nitrogen and oxygen atoms in total. The number of alkyl halides is 1. The molecule has 2 atom stereocenters. The smallest absolute Gasteiger partial charge is 0.328 e. The highest BCUT2D eigenvalue weighted by molar-refractivity contribution is 6.36. The Balaban J connectivity index is 2.29. The van der Waals surface area contributed by atoms with E-state index in [0.29, 0.717) is 11.4 Å². The van der Waals surface area contributed by atoms with Gasteiger partial charge in [0.25, 0.3) is 5.91 Å². The molecule has 7 heteroatoms. The van der Waals surface area contributed by atoms with Gasteiger partial charge in [0, 0.05) is 11.6 Å². The van der Waals surface area contributed by atoms with Crippen molar-refractivity contribution in [3.63, 3.8) is 0 Å². The lowest BCUT2D eigenvalue weighted by Gasteiger charge is -2.23. The minimum atomic E-state index is -0.679. The lowest BCUT2D eigenvalue weighted by atomic mass is 10.1. The minimum Gasteiger partial charge on any atom is -0.467 e. The maximum absolute atomic E-state index is 12.5. The van der Waals surface area contributed by atoms with Gasteiger partial charge in [-0.2, -0.15) is 0 Å². The molecular formula is C13H12Cl3NO3. The molecule has 0 bridgehead atoms. The monoisotopic (exact) mass is 335 g/mol. The van der Waals surface area contributed by atoms with E-state index in [1.165, 1.54) is 24.1 Å². The zero-order valence-electron chi connectivity index (χ0n) is 10.6. The number of hydrogen-bond donors (Lipinski definition) is 0. The van der Waals surface area contributed by atoms with Crippen LogP contribution in [0.5, 0.6) is 0 Å². The van der Waals surface area contributed by atoms with Crippen LogP contribution in [0.25, 0.3) is 0 Å². The summed E-state index contributed by atoms with van der Waals surface area (Å²) in [4.78, 5) is 25.6. The molecule has 0 radical (unpaired) electrons. The molecule has 108 valence electrons. The van der Waals surface area contributed by atoms with Crippen molar-refractivity contribution < 1.29 is 14.3 Å². The predicted octanol–water partition coefficient (Wildman–Crippen LogP) is 2.99. The third-order valence-electron chi connectivity index (χ3n) is 3.15. The second-order valence-electron chi connectivity index (χ2n) is 4.45. The molecule has 1 aliphatic heterocycles. The van der Waals surface area contributed by atoms with E-state index < -0.39 is 12.0 Å². The second kappa shape index (κ2) is 6.20. The zero-order chi connectivity index (χ0) is 14.9. The summed E-state index contributed by atoms with van der Waals surface area (Å²) in [6.45, 7) is 0.277. The number of amides is 1. The molecule has 1 aromatic rings. The first-order valence-corrected chi connectivity index (χ1v) is 7.11. The average molecular weight is 337 g/mol. The summed E-state index contributed by atoms with van der Waals surface area (Å²) >= 11 is 17.9. The number of benzene rings is 1. The predicted molar refractivity (Wildman–Crippen MR) is 77.6 cm³/mol. The molecular weight excluding hydrogens is 325 g/mol. The van der Waals surface area contributed by atoms with Crippen LogP contribution in [-0.4, -0.2) is 41.8 Å². The first kappa shape index (κ1) is 15.4. The van der Waals surface area contributed by atoms with E-state index in [9.17, 15) is 9.59 Å². The summed E-state index contributed by atoms with van der Waals surface area (Å²) in [6.07, 6.45) is 0.366. The topological polar surface area (TPSA) is 46.6 Å². The highest BCUT2D eigenvalue weighted by Gasteiger charge is 2.40. The highest BCUT2D eigenvalue weighted by Crippen LogP contribution is 2.28. The van der Waals surface area contributed by atoms with Crippen LogP contribution >= 0.6 is 34.8 Å². The van der Waals surface area contributed by atoms with Crippen LogP contribution in [0.1, 0.15) is 16.8 Å². The Labute approximate surface area is 131 Å². The molecule has 0 saturated carbocycles. The fourth-order valence-electron chi connectivity index (χ4n) is 2.19. The molecule has 0 aliphatic carbocycles. The van der Waals surface area contributed by atoms with Crippen LogP contribution < -0.4 is 0 Å². The Morgan fingerprint density at radius 3 is 2.65 bits per heavy atom. The third kappa shape index (κ3) is 3.03. The molecule has 0 unspecified atom stereocenters. The van der Waals surface area contributed by atoms with Crippen molar-refractivity contribution in [3.05, 3.63) is 33.8 Å². The van der Waals surface area contributed by atoms with Crippen molar-refractivity contribution in [2.24, 2.45) is 0 Å². The van der Waals surface area contributed by atoms with Crippen molar-refractivity contribution in [3.8, 4) is 0 Å². The number of methoxy groups -OCH3 is 1. The first-order chi connectivity index (χ1) is 9.43. The van der Waals surface area contributed by atoms with E-state index in [1.807, 2.05) is 0 Å². The Kier molecular flexibility index (Phi) is 4.78. The normalized spacial score (nSPS) is 21.9. The number of halogens is 3. The maximum atomic E-state index is 12.5. The number of ether oxygens (including phenoxy) is 1. The van der Waals surface area contributed by atoms with Gasteiger partial charge in [0.05, 0.1) is 23.1 Å².